The first-order chi connectivity index (χ1) is 13.5. The van der Waals surface area contributed by atoms with Gasteiger partial charge in [0.1, 0.15) is 5.82 Å². The Morgan fingerprint density at radius 1 is 1.29 bits per heavy atom. The molecule has 1 amide bonds. The molecule has 1 unspecified atom stereocenters. The van der Waals surface area contributed by atoms with Gasteiger partial charge in [0.15, 0.2) is 5.78 Å². The van der Waals surface area contributed by atoms with Crippen LogP contribution in [0, 0.1) is 12.7 Å². The molecule has 1 aromatic heterocycles. The molecule has 0 radical (unpaired) electrons. The molecule has 28 heavy (non-hydrogen) atoms. The van der Waals surface area contributed by atoms with Gasteiger partial charge >= 0.3 is 0 Å². The van der Waals surface area contributed by atoms with Crippen molar-refractivity contribution in [1.29, 1.82) is 0 Å². The Morgan fingerprint density at radius 2 is 2.07 bits per heavy atom. The van der Waals surface area contributed by atoms with Gasteiger partial charge in [-0.15, -0.1) is 0 Å². The summed E-state index contributed by atoms with van der Waals surface area (Å²) in [7, 11) is 0. The van der Waals surface area contributed by atoms with Gasteiger partial charge in [0, 0.05) is 42.5 Å². The van der Waals surface area contributed by atoms with Crippen molar-refractivity contribution in [3.63, 3.8) is 0 Å². The lowest BCUT2D eigenvalue weighted by Gasteiger charge is -2.16. The van der Waals surface area contributed by atoms with Crippen molar-refractivity contribution in [3.05, 3.63) is 58.2 Å². The summed E-state index contributed by atoms with van der Waals surface area (Å²) < 4.78 is 15.4. The van der Waals surface area contributed by atoms with Crippen LogP contribution < -0.4 is 10.6 Å². The van der Waals surface area contributed by atoms with Gasteiger partial charge in [0.2, 0.25) is 5.91 Å². The molecule has 1 atom stereocenters. The molecule has 6 heteroatoms. The lowest BCUT2D eigenvalue weighted by molar-refractivity contribution is -0.121. The minimum atomic E-state index is -0.260. The topological polar surface area (TPSA) is 63.1 Å². The minimum absolute atomic E-state index is 0.0306. The molecule has 5 nitrogen and oxygen atoms in total. The fraction of sp³-hybridized carbons (Fsp3) is 0.455. The molecule has 0 bridgehead atoms. The summed E-state index contributed by atoms with van der Waals surface area (Å²) in [5, 5.41) is 6.32. The molecule has 2 heterocycles. The van der Waals surface area contributed by atoms with Crippen LogP contribution >= 0.6 is 0 Å². The highest BCUT2D eigenvalue weighted by Gasteiger charge is 2.29. The van der Waals surface area contributed by atoms with E-state index in [1.165, 1.54) is 12.1 Å². The zero-order valence-electron chi connectivity index (χ0n) is 16.2. The summed E-state index contributed by atoms with van der Waals surface area (Å²) in [6.45, 7) is 4.28. The Kier molecular flexibility index (Phi) is 5.31. The fourth-order valence-electron chi connectivity index (χ4n) is 4.41. The van der Waals surface area contributed by atoms with Crippen molar-refractivity contribution in [2.24, 2.45) is 0 Å². The van der Waals surface area contributed by atoms with Crippen LogP contribution in [-0.4, -0.2) is 35.4 Å². The Balaban J connectivity index is 1.63. The van der Waals surface area contributed by atoms with E-state index < -0.39 is 0 Å². The van der Waals surface area contributed by atoms with Crippen LogP contribution in [0.2, 0.25) is 0 Å². The average molecular weight is 383 g/mol. The van der Waals surface area contributed by atoms with E-state index in [-0.39, 0.29) is 30.0 Å². The number of hydrogen-bond donors (Lipinski definition) is 2. The molecule has 1 saturated heterocycles. The quantitative estimate of drug-likeness (QED) is 0.834. The van der Waals surface area contributed by atoms with E-state index in [1.54, 1.807) is 12.1 Å². The molecule has 0 saturated carbocycles. The number of rotatable bonds is 5. The van der Waals surface area contributed by atoms with Crippen LogP contribution in [0.25, 0.3) is 0 Å². The monoisotopic (exact) mass is 383 g/mol. The predicted molar refractivity (Wildman–Crippen MR) is 105 cm³/mol. The van der Waals surface area contributed by atoms with E-state index in [4.69, 9.17) is 0 Å². The number of ketones is 1. The number of nitrogens with zero attached hydrogens (tertiary/aromatic N) is 1. The van der Waals surface area contributed by atoms with Gasteiger partial charge in [-0.05, 0) is 56.0 Å². The van der Waals surface area contributed by atoms with Crippen LogP contribution in [0.4, 0.5) is 4.39 Å². The van der Waals surface area contributed by atoms with Gasteiger partial charge in [-0.1, -0.05) is 12.1 Å². The molecular weight excluding hydrogens is 357 g/mol. The van der Waals surface area contributed by atoms with E-state index in [0.29, 0.717) is 13.0 Å². The molecule has 1 aromatic carbocycles. The number of nitrogens with one attached hydrogen (secondary N) is 2. The van der Waals surface area contributed by atoms with E-state index in [9.17, 15) is 14.0 Å². The van der Waals surface area contributed by atoms with Crippen LogP contribution in [0.15, 0.2) is 24.3 Å². The molecule has 148 valence electrons. The number of carbonyl (C=O) groups is 2. The Hall–Kier alpha value is -2.47. The lowest BCUT2D eigenvalue weighted by atomic mass is 9.92. The smallest absolute Gasteiger partial charge is 0.224 e. The maximum atomic E-state index is 13.2. The summed E-state index contributed by atoms with van der Waals surface area (Å²) in [4.78, 5) is 25.3. The third-order valence-electron chi connectivity index (χ3n) is 5.87. The highest BCUT2D eigenvalue weighted by atomic mass is 19.1. The van der Waals surface area contributed by atoms with Crippen LogP contribution in [0.1, 0.15) is 52.1 Å². The second kappa shape index (κ2) is 7.87. The average Bonchev–Trinajstić information content (AvgIpc) is 3.26. The Morgan fingerprint density at radius 3 is 2.79 bits per heavy atom. The van der Waals surface area contributed by atoms with E-state index >= 15 is 0 Å². The van der Waals surface area contributed by atoms with Crippen molar-refractivity contribution in [1.82, 2.24) is 15.2 Å². The van der Waals surface area contributed by atoms with Gasteiger partial charge < -0.3 is 15.2 Å². The second-order valence-electron chi connectivity index (χ2n) is 7.81. The highest BCUT2D eigenvalue weighted by Crippen LogP contribution is 2.31. The maximum absolute atomic E-state index is 13.2. The van der Waals surface area contributed by atoms with Crippen molar-refractivity contribution < 1.29 is 14.0 Å². The number of amides is 1. The second-order valence-corrected chi connectivity index (χ2v) is 7.81. The van der Waals surface area contributed by atoms with Crippen molar-refractivity contribution >= 4 is 11.7 Å². The minimum Gasteiger partial charge on any atom is -0.352 e. The number of halogens is 1. The standard InChI is InChI=1S/C22H26FN3O2/c1-14-18(11-21(28)25-17-9-10-24-12-17)22-19(3-2-4-20(22)27)26(14)13-15-5-7-16(23)8-6-15/h5-8,17,24H,2-4,9-13H2,1H3,(H,25,28). The molecule has 2 aromatic rings. The predicted octanol–water partition coefficient (Wildman–Crippen LogP) is 2.52. The molecule has 1 aliphatic heterocycles. The number of hydrogen-bond acceptors (Lipinski definition) is 3. The summed E-state index contributed by atoms with van der Waals surface area (Å²) in [5.74, 6) is -0.159. The number of Topliss-reactive ketones (excluding diaryl/α,β-unsaturated/α-hetero) is 1. The van der Waals surface area contributed by atoms with E-state index in [0.717, 1.165) is 60.4 Å². The van der Waals surface area contributed by atoms with Crippen molar-refractivity contribution in [2.45, 2.75) is 51.6 Å². The Labute approximate surface area is 164 Å². The third-order valence-corrected chi connectivity index (χ3v) is 5.87. The SMILES string of the molecule is Cc1c(CC(=O)NC2CCNC2)c2c(n1Cc1ccc(F)cc1)CCCC2=O. The van der Waals surface area contributed by atoms with Gasteiger partial charge in [0.25, 0.3) is 0 Å². The largest absolute Gasteiger partial charge is 0.352 e. The van der Waals surface area contributed by atoms with Crippen LogP contribution in [0.5, 0.6) is 0 Å². The zero-order chi connectivity index (χ0) is 19.7. The van der Waals surface area contributed by atoms with Gasteiger partial charge in [-0.3, -0.25) is 9.59 Å². The summed E-state index contributed by atoms with van der Waals surface area (Å²) in [6.07, 6.45) is 3.36. The molecule has 2 N–H and O–H groups in total. The number of carbonyl (C=O) groups excluding carboxylic acids is 2. The molecule has 4 rings (SSSR count). The highest BCUT2D eigenvalue weighted by molar-refractivity contribution is 6.01. The molecule has 1 fully saturated rings. The Bertz CT molecular complexity index is 895. The van der Waals surface area contributed by atoms with Crippen molar-refractivity contribution in [3.8, 4) is 0 Å². The third kappa shape index (κ3) is 3.74. The summed E-state index contributed by atoms with van der Waals surface area (Å²) in [5.41, 5.74) is 4.55. The van der Waals surface area contributed by atoms with Crippen molar-refractivity contribution in [2.75, 3.05) is 13.1 Å². The zero-order valence-corrected chi connectivity index (χ0v) is 16.2. The van der Waals surface area contributed by atoms with E-state index in [2.05, 4.69) is 15.2 Å². The van der Waals surface area contributed by atoms with Crippen LogP contribution in [0.3, 0.4) is 0 Å². The summed E-state index contributed by atoms with van der Waals surface area (Å²) in [6, 6.07) is 6.61. The first kappa shape index (κ1) is 18.9. The molecular formula is C22H26FN3O2. The lowest BCUT2D eigenvalue weighted by Crippen LogP contribution is -2.37. The first-order valence-electron chi connectivity index (χ1n) is 10.0. The first-order valence-corrected chi connectivity index (χ1v) is 10.0. The number of aromatic nitrogens is 1. The van der Waals surface area contributed by atoms with Gasteiger partial charge in [0.05, 0.1) is 6.42 Å². The number of fused-ring (bicyclic) bond motifs is 1. The van der Waals surface area contributed by atoms with Gasteiger partial charge in [-0.2, -0.15) is 0 Å². The fourth-order valence-corrected chi connectivity index (χ4v) is 4.41. The number of benzene rings is 1. The summed E-state index contributed by atoms with van der Waals surface area (Å²) >= 11 is 0. The maximum Gasteiger partial charge on any atom is 0.224 e. The van der Waals surface area contributed by atoms with Gasteiger partial charge in [-0.25, -0.2) is 4.39 Å². The van der Waals surface area contributed by atoms with E-state index in [1.807, 2.05) is 6.92 Å². The normalized spacial score (nSPS) is 18.9. The molecule has 0 spiro atoms. The molecule has 1 aliphatic carbocycles. The van der Waals surface area contributed by atoms with Crippen LogP contribution in [-0.2, 0) is 24.2 Å². The molecule has 2 aliphatic rings.